The van der Waals surface area contributed by atoms with Gasteiger partial charge in [-0.3, -0.25) is 0 Å². The second-order valence-corrected chi connectivity index (χ2v) is 10.5. The molecule has 0 saturated carbocycles. The fourth-order valence-electron chi connectivity index (χ4n) is 6.42. The summed E-state index contributed by atoms with van der Waals surface area (Å²) in [6.07, 6.45) is 0. The van der Waals surface area contributed by atoms with Gasteiger partial charge in [0.15, 0.2) is 5.76 Å². The standard InChI is InChI=1S/C38H22N2O/c1-2-12-23(13-3-1)35-36(40-32-21-11-10-20-31(32)39-35)38-33-29-19-9-8-17-27(29)26-16-6-7-18-28(26)30-22-24-14-4-5-15-25(24)37(41-38)34(30)33/h1-22H. The van der Waals surface area contributed by atoms with Crippen LogP contribution in [0.5, 0.6) is 0 Å². The third-order valence-corrected chi connectivity index (χ3v) is 8.22. The Labute approximate surface area is 236 Å². The van der Waals surface area contributed by atoms with Crippen LogP contribution in [0.2, 0.25) is 0 Å². The number of hydrogen-bond donors (Lipinski definition) is 0. The zero-order valence-electron chi connectivity index (χ0n) is 22.0. The predicted molar refractivity (Wildman–Crippen MR) is 168 cm³/mol. The molecule has 0 atom stereocenters. The van der Waals surface area contributed by atoms with Crippen LogP contribution in [0.15, 0.2) is 138 Å². The SMILES string of the molecule is c1ccc(-c2nc3ccccc3nc2-c2oc3c4c(cc5ccccc53)-c3ccccc3-c3ccccc3-c24)cc1. The molecule has 0 saturated heterocycles. The lowest BCUT2D eigenvalue weighted by atomic mass is 9.93. The van der Waals surface area contributed by atoms with E-state index in [2.05, 4.69) is 91.0 Å². The number of furan rings is 1. The van der Waals surface area contributed by atoms with E-state index in [4.69, 9.17) is 14.4 Å². The van der Waals surface area contributed by atoms with Gasteiger partial charge in [0.05, 0.1) is 11.0 Å². The van der Waals surface area contributed by atoms with Crippen molar-refractivity contribution >= 4 is 32.8 Å². The van der Waals surface area contributed by atoms with Crippen LogP contribution >= 0.6 is 0 Å². The molecule has 3 heteroatoms. The molecule has 0 radical (unpaired) electrons. The van der Waals surface area contributed by atoms with Gasteiger partial charge >= 0.3 is 0 Å². The van der Waals surface area contributed by atoms with E-state index in [1.54, 1.807) is 0 Å². The van der Waals surface area contributed by atoms with Crippen LogP contribution in [0.25, 0.3) is 88.9 Å². The van der Waals surface area contributed by atoms with Gasteiger partial charge < -0.3 is 4.42 Å². The average molecular weight is 523 g/mol. The van der Waals surface area contributed by atoms with E-state index in [0.29, 0.717) is 0 Å². The second-order valence-electron chi connectivity index (χ2n) is 10.5. The number of para-hydroxylation sites is 2. The minimum absolute atomic E-state index is 0.745. The molecule has 1 aliphatic rings. The predicted octanol–water partition coefficient (Wildman–Crippen LogP) is 10.2. The average Bonchev–Trinajstić information content (AvgIpc) is 3.40. The first kappa shape index (κ1) is 22.3. The molecule has 190 valence electrons. The second kappa shape index (κ2) is 8.48. The molecule has 41 heavy (non-hydrogen) atoms. The van der Waals surface area contributed by atoms with Crippen molar-refractivity contribution in [3.05, 3.63) is 133 Å². The number of rotatable bonds is 2. The largest absolute Gasteiger partial charge is 0.453 e. The fourth-order valence-corrected chi connectivity index (χ4v) is 6.42. The molecular weight excluding hydrogens is 500 g/mol. The van der Waals surface area contributed by atoms with E-state index in [1.165, 1.54) is 22.3 Å². The summed E-state index contributed by atoms with van der Waals surface area (Å²) >= 11 is 0. The Morgan fingerprint density at radius 3 is 1.78 bits per heavy atom. The van der Waals surface area contributed by atoms with Gasteiger partial charge in [-0.25, -0.2) is 9.97 Å². The van der Waals surface area contributed by atoms with Gasteiger partial charge in [0, 0.05) is 21.9 Å². The molecular formula is C38H22N2O. The van der Waals surface area contributed by atoms with Crippen LogP contribution in [-0.4, -0.2) is 9.97 Å². The third-order valence-electron chi connectivity index (χ3n) is 8.22. The van der Waals surface area contributed by atoms with Gasteiger partial charge in [-0.1, -0.05) is 115 Å². The topological polar surface area (TPSA) is 38.9 Å². The molecule has 0 aliphatic heterocycles. The zero-order valence-corrected chi connectivity index (χ0v) is 22.0. The summed E-state index contributed by atoms with van der Waals surface area (Å²) in [5, 5.41) is 3.35. The van der Waals surface area contributed by atoms with Crippen molar-refractivity contribution in [2.45, 2.75) is 0 Å². The molecule has 9 rings (SSSR count). The maximum atomic E-state index is 7.05. The number of benzene rings is 6. The van der Waals surface area contributed by atoms with Gasteiger partial charge in [-0.05, 0) is 51.4 Å². The summed E-state index contributed by atoms with van der Waals surface area (Å²) in [5.74, 6) is 0.745. The number of nitrogens with zero attached hydrogens (tertiary/aromatic N) is 2. The number of aromatic nitrogens is 2. The van der Waals surface area contributed by atoms with Crippen molar-refractivity contribution < 1.29 is 4.42 Å². The van der Waals surface area contributed by atoms with Crippen molar-refractivity contribution in [2.24, 2.45) is 0 Å². The van der Waals surface area contributed by atoms with E-state index in [9.17, 15) is 0 Å². The van der Waals surface area contributed by atoms with Crippen LogP contribution in [-0.2, 0) is 0 Å². The minimum Gasteiger partial charge on any atom is -0.453 e. The highest BCUT2D eigenvalue weighted by molar-refractivity contribution is 6.22. The summed E-state index contributed by atoms with van der Waals surface area (Å²) in [5.41, 5.74) is 12.1. The van der Waals surface area contributed by atoms with E-state index < -0.39 is 0 Å². The van der Waals surface area contributed by atoms with Gasteiger partial charge in [0.2, 0.25) is 0 Å². The molecule has 0 spiro atoms. The van der Waals surface area contributed by atoms with Crippen LogP contribution in [0.4, 0.5) is 0 Å². The highest BCUT2D eigenvalue weighted by Gasteiger charge is 2.30. The van der Waals surface area contributed by atoms with Gasteiger partial charge in [0.1, 0.15) is 17.0 Å². The van der Waals surface area contributed by atoms with Crippen LogP contribution in [0.1, 0.15) is 0 Å². The molecule has 0 unspecified atom stereocenters. The normalized spacial score (nSPS) is 11.9. The van der Waals surface area contributed by atoms with Crippen LogP contribution in [0, 0.1) is 0 Å². The Kier molecular flexibility index (Phi) is 4.61. The van der Waals surface area contributed by atoms with Crippen molar-refractivity contribution in [2.75, 3.05) is 0 Å². The minimum atomic E-state index is 0.745. The first-order valence-electron chi connectivity index (χ1n) is 13.9. The molecule has 2 heterocycles. The maximum Gasteiger partial charge on any atom is 0.163 e. The van der Waals surface area contributed by atoms with Crippen LogP contribution in [0.3, 0.4) is 0 Å². The Morgan fingerprint density at radius 1 is 0.463 bits per heavy atom. The van der Waals surface area contributed by atoms with Crippen molar-refractivity contribution in [1.29, 1.82) is 0 Å². The highest BCUT2D eigenvalue weighted by atomic mass is 16.3. The highest BCUT2D eigenvalue weighted by Crippen LogP contribution is 2.54. The van der Waals surface area contributed by atoms with Gasteiger partial charge in [-0.15, -0.1) is 0 Å². The molecule has 8 aromatic rings. The molecule has 6 aromatic carbocycles. The molecule has 0 bridgehead atoms. The fraction of sp³-hybridized carbons (Fsp3) is 0. The first-order chi connectivity index (χ1) is 20.3. The smallest absolute Gasteiger partial charge is 0.163 e. The molecule has 1 aliphatic carbocycles. The maximum absolute atomic E-state index is 7.05. The van der Waals surface area contributed by atoms with Gasteiger partial charge in [0.25, 0.3) is 0 Å². The van der Waals surface area contributed by atoms with E-state index in [1.807, 2.05) is 42.5 Å². The summed E-state index contributed by atoms with van der Waals surface area (Å²) in [7, 11) is 0. The molecule has 0 fully saturated rings. The van der Waals surface area contributed by atoms with Crippen molar-refractivity contribution in [3.63, 3.8) is 0 Å². The lowest BCUT2D eigenvalue weighted by Gasteiger charge is -2.13. The van der Waals surface area contributed by atoms with E-state index >= 15 is 0 Å². The van der Waals surface area contributed by atoms with Gasteiger partial charge in [-0.2, -0.15) is 0 Å². The number of fused-ring (bicyclic) bond motifs is 8. The van der Waals surface area contributed by atoms with E-state index in [0.717, 1.165) is 66.6 Å². The summed E-state index contributed by atoms with van der Waals surface area (Å²) in [6, 6.07) is 46.5. The Hall–Kier alpha value is -5.54. The first-order valence-corrected chi connectivity index (χ1v) is 13.9. The monoisotopic (exact) mass is 522 g/mol. The quantitative estimate of drug-likeness (QED) is 0.227. The molecule has 3 nitrogen and oxygen atoms in total. The summed E-state index contributed by atoms with van der Waals surface area (Å²) < 4.78 is 7.05. The third kappa shape index (κ3) is 3.20. The lowest BCUT2D eigenvalue weighted by Crippen LogP contribution is -1.96. The summed E-state index contributed by atoms with van der Waals surface area (Å²) in [6.45, 7) is 0. The Balaban J connectivity index is 1.51. The number of hydrogen-bond acceptors (Lipinski definition) is 3. The van der Waals surface area contributed by atoms with Crippen molar-refractivity contribution in [1.82, 2.24) is 9.97 Å². The zero-order chi connectivity index (χ0) is 26.9. The molecule has 0 amide bonds. The Morgan fingerprint density at radius 2 is 1.02 bits per heavy atom. The molecule has 0 N–H and O–H groups in total. The summed E-state index contributed by atoms with van der Waals surface area (Å²) in [4.78, 5) is 10.4. The van der Waals surface area contributed by atoms with E-state index in [-0.39, 0.29) is 0 Å². The molecule has 2 aromatic heterocycles. The lowest BCUT2D eigenvalue weighted by molar-refractivity contribution is 0.633. The van der Waals surface area contributed by atoms with Crippen LogP contribution < -0.4 is 0 Å². The Bertz CT molecular complexity index is 2310. The van der Waals surface area contributed by atoms with Crippen molar-refractivity contribution in [3.8, 4) is 56.1 Å².